The molecule has 2 unspecified atom stereocenters. The van der Waals surface area contributed by atoms with Gasteiger partial charge in [-0.3, -0.25) is 0 Å². The Morgan fingerprint density at radius 1 is 1.31 bits per heavy atom. The Bertz CT molecular complexity index is 245. The number of alkyl halides is 3. The Hall–Kier alpha value is -0.980. The number of amides is 2. The molecule has 0 spiro atoms. The van der Waals surface area contributed by atoms with Gasteiger partial charge in [0, 0.05) is 6.54 Å². The van der Waals surface area contributed by atoms with Crippen molar-refractivity contribution in [2.75, 3.05) is 13.1 Å². The van der Waals surface area contributed by atoms with Gasteiger partial charge in [-0.05, 0) is 25.2 Å². The van der Waals surface area contributed by atoms with Crippen molar-refractivity contribution in [2.45, 2.75) is 31.5 Å². The van der Waals surface area contributed by atoms with E-state index in [1.807, 2.05) is 0 Å². The lowest BCUT2D eigenvalue weighted by molar-refractivity contribution is -0.122. The van der Waals surface area contributed by atoms with Crippen molar-refractivity contribution in [3.63, 3.8) is 0 Å². The topological polar surface area (TPSA) is 61.4 Å². The largest absolute Gasteiger partial charge is 0.405 e. The van der Waals surface area contributed by atoms with Crippen LogP contribution < -0.4 is 10.6 Å². The fraction of sp³-hybridized carbons (Fsp3) is 0.889. The van der Waals surface area contributed by atoms with Crippen LogP contribution in [-0.4, -0.2) is 36.5 Å². The summed E-state index contributed by atoms with van der Waals surface area (Å²) in [6.07, 6.45) is -2.65. The molecule has 1 aliphatic rings. The lowest BCUT2D eigenvalue weighted by Crippen LogP contribution is -2.42. The van der Waals surface area contributed by atoms with E-state index in [4.69, 9.17) is 0 Å². The molecule has 4 nitrogen and oxygen atoms in total. The highest BCUT2D eigenvalue weighted by Crippen LogP contribution is 2.24. The molecule has 1 fully saturated rings. The third-order valence-electron chi connectivity index (χ3n) is 2.51. The first kappa shape index (κ1) is 13.1. The Morgan fingerprint density at radius 2 is 2.00 bits per heavy atom. The average Bonchev–Trinajstić information content (AvgIpc) is 2.57. The Labute approximate surface area is 91.2 Å². The quantitative estimate of drug-likeness (QED) is 0.689. The molecule has 1 aliphatic carbocycles. The average molecular weight is 240 g/mol. The summed E-state index contributed by atoms with van der Waals surface area (Å²) in [5.41, 5.74) is 0. The molecule has 0 bridgehead atoms. The van der Waals surface area contributed by atoms with Gasteiger partial charge >= 0.3 is 12.2 Å². The van der Waals surface area contributed by atoms with Crippen molar-refractivity contribution in [3.8, 4) is 0 Å². The summed E-state index contributed by atoms with van der Waals surface area (Å²) in [6.45, 7) is -1.02. The second-order valence-corrected chi connectivity index (χ2v) is 4.01. The molecule has 1 rings (SSSR count). The standard InChI is InChI=1S/C9H15F3N2O2/c10-9(11,12)5-14-8(16)13-4-6-1-2-7(15)3-6/h6-7,15H,1-5H2,(H2,13,14,16). The van der Waals surface area contributed by atoms with Gasteiger partial charge < -0.3 is 15.7 Å². The van der Waals surface area contributed by atoms with E-state index in [1.165, 1.54) is 0 Å². The van der Waals surface area contributed by atoms with Gasteiger partial charge in [-0.1, -0.05) is 0 Å². The molecule has 3 N–H and O–H groups in total. The van der Waals surface area contributed by atoms with E-state index in [0.717, 1.165) is 6.42 Å². The summed E-state index contributed by atoms with van der Waals surface area (Å²) in [7, 11) is 0. The van der Waals surface area contributed by atoms with Crippen molar-refractivity contribution in [3.05, 3.63) is 0 Å². The molecule has 0 aromatic rings. The van der Waals surface area contributed by atoms with Gasteiger partial charge in [0.2, 0.25) is 0 Å². The minimum Gasteiger partial charge on any atom is -0.393 e. The second-order valence-electron chi connectivity index (χ2n) is 4.01. The van der Waals surface area contributed by atoms with Crippen LogP contribution in [-0.2, 0) is 0 Å². The summed E-state index contributed by atoms with van der Waals surface area (Å²) in [5, 5.41) is 13.3. The SMILES string of the molecule is O=C(NCC1CCC(O)C1)NCC(F)(F)F. The van der Waals surface area contributed by atoms with Gasteiger partial charge in [0.25, 0.3) is 0 Å². The molecule has 16 heavy (non-hydrogen) atoms. The molecule has 2 amide bonds. The number of carbonyl (C=O) groups is 1. The zero-order chi connectivity index (χ0) is 12.2. The maximum Gasteiger partial charge on any atom is 0.405 e. The highest BCUT2D eigenvalue weighted by molar-refractivity contribution is 5.73. The van der Waals surface area contributed by atoms with Gasteiger partial charge in [0.05, 0.1) is 6.10 Å². The predicted octanol–water partition coefficient (Wildman–Crippen LogP) is 1.01. The van der Waals surface area contributed by atoms with Crippen LogP contribution >= 0.6 is 0 Å². The zero-order valence-corrected chi connectivity index (χ0v) is 8.68. The van der Waals surface area contributed by atoms with E-state index < -0.39 is 18.8 Å². The Morgan fingerprint density at radius 3 is 2.50 bits per heavy atom. The number of nitrogens with one attached hydrogen (secondary N) is 2. The third kappa shape index (κ3) is 5.20. The lowest BCUT2D eigenvalue weighted by atomic mass is 10.1. The normalized spacial score (nSPS) is 25.5. The first-order chi connectivity index (χ1) is 7.37. The van der Waals surface area contributed by atoms with E-state index >= 15 is 0 Å². The van der Waals surface area contributed by atoms with E-state index in [-0.39, 0.29) is 12.0 Å². The number of hydrogen-bond donors (Lipinski definition) is 3. The lowest BCUT2D eigenvalue weighted by Gasteiger charge is -2.12. The van der Waals surface area contributed by atoms with Gasteiger partial charge in [-0.15, -0.1) is 0 Å². The van der Waals surface area contributed by atoms with Crippen LogP contribution in [0.25, 0.3) is 0 Å². The molecule has 0 heterocycles. The van der Waals surface area contributed by atoms with Crippen molar-refractivity contribution < 1.29 is 23.1 Å². The molecule has 7 heteroatoms. The van der Waals surface area contributed by atoms with Gasteiger partial charge in [0.1, 0.15) is 6.54 Å². The van der Waals surface area contributed by atoms with E-state index in [0.29, 0.717) is 19.4 Å². The molecule has 0 radical (unpaired) electrons. The predicted molar refractivity (Wildman–Crippen MR) is 50.8 cm³/mol. The molecule has 0 saturated heterocycles. The van der Waals surface area contributed by atoms with Crippen LogP contribution in [0.4, 0.5) is 18.0 Å². The van der Waals surface area contributed by atoms with Crippen LogP contribution in [0.3, 0.4) is 0 Å². The highest BCUT2D eigenvalue weighted by atomic mass is 19.4. The number of aliphatic hydroxyl groups excluding tert-OH is 1. The van der Waals surface area contributed by atoms with E-state index in [2.05, 4.69) is 5.32 Å². The third-order valence-corrected chi connectivity index (χ3v) is 2.51. The number of urea groups is 1. The molecule has 0 aromatic carbocycles. The number of carbonyl (C=O) groups excluding carboxylic acids is 1. The van der Waals surface area contributed by atoms with Crippen LogP contribution in [0.5, 0.6) is 0 Å². The molecular formula is C9H15F3N2O2. The van der Waals surface area contributed by atoms with Crippen LogP contribution in [0.1, 0.15) is 19.3 Å². The van der Waals surface area contributed by atoms with Crippen molar-refractivity contribution in [1.82, 2.24) is 10.6 Å². The Kier molecular flexibility index (Phi) is 4.40. The maximum atomic E-state index is 11.7. The highest BCUT2D eigenvalue weighted by Gasteiger charge is 2.28. The first-order valence-corrected chi connectivity index (χ1v) is 5.13. The minimum atomic E-state index is -4.39. The molecule has 94 valence electrons. The summed E-state index contributed by atoms with van der Waals surface area (Å²) in [5.74, 6) is 0.159. The van der Waals surface area contributed by atoms with Crippen LogP contribution in [0.15, 0.2) is 0 Å². The van der Waals surface area contributed by atoms with Crippen LogP contribution in [0.2, 0.25) is 0 Å². The van der Waals surface area contributed by atoms with Crippen molar-refractivity contribution >= 4 is 6.03 Å². The smallest absolute Gasteiger partial charge is 0.393 e. The molecule has 2 atom stereocenters. The fourth-order valence-electron chi connectivity index (χ4n) is 1.71. The summed E-state index contributed by atoms with van der Waals surface area (Å²) in [6, 6.07) is -0.821. The monoisotopic (exact) mass is 240 g/mol. The Balaban J connectivity index is 2.11. The fourth-order valence-corrected chi connectivity index (χ4v) is 1.71. The van der Waals surface area contributed by atoms with Crippen molar-refractivity contribution in [1.29, 1.82) is 0 Å². The zero-order valence-electron chi connectivity index (χ0n) is 8.68. The summed E-state index contributed by atoms with van der Waals surface area (Å²) in [4.78, 5) is 10.9. The van der Waals surface area contributed by atoms with Gasteiger partial charge in [-0.2, -0.15) is 13.2 Å². The molecule has 0 aliphatic heterocycles. The summed E-state index contributed by atoms with van der Waals surface area (Å²) < 4.78 is 35.2. The van der Waals surface area contributed by atoms with E-state index in [9.17, 15) is 23.1 Å². The number of halogens is 3. The molecule has 0 aromatic heterocycles. The minimum absolute atomic E-state index is 0.159. The van der Waals surface area contributed by atoms with Crippen molar-refractivity contribution in [2.24, 2.45) is 5.92 Å². The second kappa shape index (κ2) is 5.38. The molecule has 1 saturated carbocycles. The van der Waals surface area contributed by atoms with Gasteiger partial charge in [0.15, 0.2) is 0 Å². The summed E-state index contributed by atoms with van der Waals surface area (Å²) >= 11 is 0. The first-order valence-electron chi connectivity index (χ1n) is 5.13. The maximum absolute atomic E-state index is 11.7. The van der Waals surface area contributed by atoms with E-state index in [1.54, 1.807) is 5.32 Å². The number of hydrogen-bond acceptors (Lipinski definition) is 2. The number of rotatable bonds is 3. The molecular weight excluding hydrogens is 225 g/mol. The van der Waals surface area contributed by atoms with Crippen LogP contribution in [0, 0.1) is 5.92 Å². The van der Waals surface area contributed by atoms with Gasteiger partial charge in [-0.25, -0.2) is 4.79 Å². The number of aliphatic hydroxyl groups is 1.